The van der Waals surface area contributed by atoms with Crippen molar-refractivity contribution in [2.45, 2.75) is 6.92 Å². The van der Waals surface area contributed by atoms with Crippen LogP contribution in [0.25, 0.3) is 6.08 Å². The Bertz CT molecular complexity index is 655. The molecule has 3 heteroatoms. The minimum Gasteiger partial charge on any atom is -0.497 e. The van der Waals surface area contributed by atoms with Crippen LogP contribution in [0.1, 0.15) is 21.5 Å². The molecule has 2 aromatic rings. The second-order valence-corrected chi connectivity index (χ2v) is 4.67. The van der Waals surface area contributed by atoms with Crippen LogP contribution in [0.5, 0.6) is 11.5 Å². The molecule has 0 saturated heterocycles. The fraction of sp³-hybridized carbons (Fsp3) is 0.167. The SMILES string of the molecule is COc1ccc(OC)c(/C=C\C(=O)c2ccc(C)cc2)c1. The predicted octanol–water partition coefficient (Wildman–Crippen LogP) is 3.91. The Morgan fingerprint density at radius 3 is 2.33 bits per heavy atom. The highest BCUT2D eigenvalue weighted by molar-refractivity contribution is 6.06. The lowest BCUT2D eigenvalue weighted by atomic mass is 10.1. The Morgan fingerprint density at radius 1 is 1.00 bits per heavy atom. The molecule has 0 heterocycles. The zero-order chi connectivity index (χ0) is 15.2. The molecule has 0 aliphatic rings. The van der Waals surface area contributed by atoms with Crippen LogP contribution in [-0.4, -0.2) is 20.0 Å². The molecule has 0 atom stereocenters. The van der Waals surface area contributed by atoms with Crippen molar-refractivity contribution >= 4 is 11.9 Å². The van der Waals surface area contributed by atoms with Gasteiger partial charge in [0.1, 0.15) is 11.5 Å². The van der Waals surface area contributed by atoms with Crippen LogP contribution in [0.2, 0.25) is 0 Å². The third-order valence-electron chi connectivity index (χ3n) is 3.19. The molecule has 0 radical (unpaired) electrons. The number of hydrogen-bond donors (Lipinski definition) is 0. The minimum absolute atomic E-state index is 0.0418. The highest BCUT2D eigenvalue weighted by atomic mass is 16.5. The lowest BCUT2D eigenvalue weighted by Gasteiger charge is -2.07. The van der Waals surface area contributed by atoms with Crippen molar-refractivity contribution < 1.29 is 14.3 Å². The monoisotopic (exact) mass is 282 g/mol. The summed E-state index contributed by atoms with van der Waals surface area (Å²) in [6.07, 6.45) is 3.28. The van der Waals surface area contributed by atoms with E-state index in [0.717, 1.165) is 16.9 Å². The summed E-state index contributed by atoms with van der Waals surface area (Å²) in [5.74, 6) is 1.38. The molecule has 2 rings (SSSR count). The summed E-state index contributed by atoms with van der Waals surface area (Å²) in [4.78, 5) is 12.1. The Morgan fingerprint density at radius 2 is 1.71 bits per heavy atom. The number of carbonyl (C=O) groups is 1. The second-order valence-electron chi connectivity index (χ2n) is 4.67. The molecule has 0 fully saturated rings. The molecule has 3 nitrogen and oxygen atoms in total. The van der Waals surface area contributed by atoms with E-state index in [4.69, 9.17) is 9.47 Å². The van der Waals surface area contributed by atoms with E-state index in [1.807, 2.05) is 49.4 Å². The van der Waals surface area contributed by atoms with Gasteiger partial charge in [-0.15, -0.1) is 0 Å². The molecule has 0 aromatic heterocycles. The third kappa shape index (κ3) is 3.72. The van der Waals surface area contributed by atoms with E-state index in [9.17, 15) is 4.79 Å². The normalized spacial score (nSPS) is 10.6. The summed E-state index contributed by atoms with van der Waals surface area (Å²) in [6.45, 7) is 1.99. The van der Waals surface area contributed by atoms with Crippen LogP contribution in [-0.2, 0) is 0 Å². The average molecular weight is 282 g/mol. The highest BCUT2D eigenvalue weighted by Gasteiger charge is 2.04. The number of benzene rings is 2. The van der Waals surface area contributed by atoms with E-state index < -0.39 is 0 Å². The standard InChI is InChI=1S/C18H18O3/c1-13-4-6-14(7-5-13)17(19)10-8-15-12-16(20-2)9-11-18(15)21-3/h4-12H,1-3H3/b10-8-. The molecule has 0 aliphatic heterocycles. The molecule has 2 aromatic carbocycles. The fourth-order valence-corrected chi connectivity index (χ4v) is 1.95. The van der Waals surface area contributed by atoms with Crippen LogP contribution in [0.4, 0.5) is 0 Å². The summed E-state index contributed by atoms with van der Waals surface area (Å²) in [5.41, 5.74) is 2.60. The van der Waals surface area contributed by atoms with Gasteiger partial charge in [-0.1, -0.05) is 29.8 Å². The molecular weight excluding hydrogens is 264 g/mol. The topological polar surface area (TPSA) is 35.5 Å². The maximum absolute atomic E-state index is 12.1. The summed E-state index contributed by atoms with van der Waals surface area (Å²) in [7, 11) is 3.20. The van der Waals surface area contributed by atoms with Crippen LogP contribution in [0, 0.1) is 6.92 Å². The molecular formula is C18H18O3. The van der Waals surface area contributed by atoms with E-state index in [2.05, 4.69) is 0 Å². The lowest BCUT2D eigenvalue weighted by Crippen LogP contribution is -1.94. The van der Waals surface area contributed by atoms with E-state index >= 15 is 0 Å². The summed E-state index contributed by atoms with van der Waals surface area (Å²) >= 11 is 0. The van der Waals surface area contributed by atoms with Gasteiger partial charge in [-0.3, -0.25) is 4.79 Å². The van der Waals surface area contributed by atoms with Gasteiger partial charge < -0.3 is 9.47 Å². The van der Waals surface area contributed by atoms with Gasteiger partial charge in [-0.25, -0.2) is 0 Å². The molecule has 0 N–H and O–H groups in total. The van der Waals surface area contributed by atoms with Gasteiger partial charge in [0.25, 0.3) is 0 Å². The van der Waals surface area contributed by atoms with Gasteiger partial charge in [0.2, 0.25) is 0 Å². The number of rotatable bonds is 5. The first-order chi connectivity index (χ1) is 10.1. The lowest BCUT2D eigenvalue weighted by molar-refractivity contribution is 0.104. The van der Waals surface area contributed by atoms with Gasteiger partial charge in [-0.05, 0) is 37.3 Å². The average Bonchev–Trinajstić information content (AvgIpc) is 2.52. The number of ether oxygens (including phenoxy) is 2. The number of hydrogen-bond acceptors (Lipinski definition) is 3. The molecule has 108 valence electrons. The first-order valence-electron chi connectivity index (χ1n) is 6.65. The van der Waals surface area contributed by atoms with Crippen molar-refractivity contribution in [2.75, 3.05) is 14.2 Å². The molecule has 21 heavy (non-hydrogen) atoms. The van der Waals surface area contributed by atoms with Crippen molar-refractivity contribution in [3.8, 4) is 11.5 Å². The van der Waals surface area contributed by atoms with Gasteiger partial charge in [0.15, 0.2) is 5.78 Å². The van der Waals surface area contributed by atoms with Crippen molar-refractivity contribution in [2.24, 2.45) is 0 Å². The number of carbonyl (C=O) groups excluding carboxylic acids is 1. The molecule has 0 amide bonds. The van der Waals surface area contributed by atoms with Crippen LogP contribution < -0.4 is 9.47 Å². The number of ketones is 1. The van der Waals surface area contributed by atoms with E-state index in [1.165, 1.54) is 0 Å². The molecule has 0 saturated carbocycles. The number of methoxy groups -OCH3 is 2. The first-order valence-corrected chi connectivity index (χ1v) is 6.65. The summed E-state index contributed by atoms with van der Waals surface area (Å²) in [6, 6.07) is 13.0. The van der Waals surface area contributed by atoms with Gasteiger partial charge in [0.05, 0.1) is 14.2 Å². The van der Waals surface area contributed by atoms with Crippen LogP contribution in [0.15, 0.2) is 48.5 Å². The summed E-state index contributed by atoms with van der Waals surface area (Å²) < 4.78 is 10.5. The number of allylic oxidation sites excluding steroid dienone is 1. The largest absolute Gasteiger partial charge is 0.497 e. The number of aryl methyl sites for hydroxylation is 1. The summed E-state index contributed by atoms with van der Waals surface area (Å²) in [5, 5.41) is 0. The van der Waals surface area contributed by atoms with E-state index in [0.29, 0.717) is 11.3 Å². The highest BCUT2D eigenvalue weighted by Crippen LogP contribution is 2.25. The van der Waals surface area contributed by atoms with E-state index in [-0.39, 0.29) is 5.78 Å². The Balaban J connectivity index is 2.24. The van der Waals surface area contributed by atoms with Crippen molar-refractivity contribution in [3.05, 3.63) is 65.2 Å². The second kappa shape index (κ2) is 6.75. The molecule has 0 bridgehead atoms. The zero-order valence-corrected chi connectivity index (χ0v) is 12.4. The van der Waals surface area contributed by atoms with Crippen molar-refractivity contribution in [1.29, 1.82) is 0 Å². The molecule has 0 aliphatic carbocycles. The minimum atomic E-state index is -0.0418. The van der Waals surface area contributed by atoms with Crippen molar-refractivity contribution in [1.82, 2.24) is 0 Å². The van der Waals surface area contributed by atoms with Gasteiger partial charge >= 0.3 is 0 Å². The zero-order valence-electron chi connectivity index (χ0n) is 12.4. The Kier molecular flexibility index (Phi) is 4.77. The van der Waals surface area contributed by atoms with Crippen LogP contribution in [0.3, 0.4) is 0 Å². The van der Waals surface area contributed by atoms with E-state index in [1.54, 1.807) is 26.4 Å². The molecule has 0 unspecified atom stereocenters. The maximum atomic E-state index is 12.1. The quantitative estimate of drug-likeness (QED) is 0.616. The Hall–Kier alpha value is -2.55. The Labute approximate surface area is 124 Å². The predicted molar refractivity (Wildman–Crippen MR) is 84.1 cm³/mol. The van der Waals surface area contributed by atoms with Gasteiger partial charge in [-0.2, -0.15) is 0 Å². The van der Waals surface area contributed by atoms with Gasteiger partial charge in [0, 0.05) is 11.1 Å². The maximum Gasteiger partial charge on any atom is 0.185 e. The smallest absolute Gasteiger partial charge is 0.185 e. The first kappa shape index (κ1) is 14.9. The third-order valence-corrected chi connectivity index (χ3v) is 3.19. The van der Waals surface area contributed by atoms with Crippen LogP contribution >= 0.6 is 0 Å². The van der Waals surface area contributed by atoms with Crippen molar-refractivity contribution in [3.63, 3.8) is 0 Å². The molecule has 0 spiro atoms. The fourth-order valence-electron chi connectivity index (χ4n) is 1.95.